The van der Waals surface area contributed by atoms with Gasteiger partial charge in [0.1, 0.15) is 0 Å². The summed E-state index contributed by atoms with van der Waals surface area (Å²) in [6.45, 7) is 2.18. The second kappa shape index (κ2) is 7.72. The van der Waals surface area contributed by atoms with E-state index in [0.29, 0.717) is 0 Å². The van der Waals surface area contributed by atoms with E-state index in [-0.39, 0.29) is 12.5 Å². The average molecular weight is 394 g/mol. The van der Waals surface area contributed by atoms with Gasteiger partial charge in [-0.2, -0.15) is 5.10 Å². The molecule has 2 rings (SSSR count). The minimum Gasteiger partial charge on any atom is -0.376 e. The molecule has 0 aliphatic heterocycles. The zero-order valence-electron chi connectivity index (χ0n) is 11.5. The number of hydrogen-bond donors (Lipinski definition) is 2. The molecule has 1 heterocycles. The Hall–Kier alpha value is -1.96. The SMILES string of the molecule is Cc1cc(I)ccc1NCC(=O)N/N=C\c1cccnc1. The van der Waals surface area contributed by atoms with Crippen LogP contribution in [0.15, 0.2) is 47.8 Å². The molecule has 0 saturated carbocycles. The number of carbonyl (C=O) groups is 1. The third-order valence-corrected chi connectivity index (χ3v) is 3.39. The summed E-state index contributed by atoms with van der Waals surface area (Å²) in [6.07, 6.45) is 4.91. The van der Waals surface area contributed by atoms with E-state index in [4.69, 9.17) is 0 Å². The summed E-state index contributed by atoms with van der Waals surface area (Å²) >= 11 is 2.26. The molecular formula is C15H15IN4O. The van der Waals surface area contributed by atoms with Crippen LogP contribution in [-0.2, 0) is 4.79 Å². The smallest absolute Gasteiger partial charge is 0.259 e. The van der Waals surface area contributed by atoms with E-state index in [0.717, 1.165) is 16.8 Å². The van der Waals surface area contributed by atoms with E-state index >= 15 is 0 Å². The number of pyridine rings is 1. The number of amides is 1. The predicted molar refractivity (Wildman–Crippen MR) is 92.4 cm³/mol. The van der Waals surface area contributed by atoms with Gasteiger partial charge in [0.2, 0.25) is 0 Å². The first-order chi connectivity index (χ1) is 10.1. The minimum absolute atomic E-state index is 0.172. The van der Waals surface area contributed by atoms with Crippen LogP contribution in [0.25, 0.3) is 0 Å². The number of anilines is 1. The Morgan fingerprint density at radius 3 is 3.00 bits per heavy atom. The van der Waals surface area contributed by atoms with E-state index in [1.807, 2.05) is 31.2 Å². The zero-order valence-corrected chi connectivity index (χ0v) is 13.7. The molecular weight excluding hydrogens is 379 g/mol. The topological polar surface area (TPSA) is 66.4 Å². The van der Waals surface area contributed by atoms with Crippen molar-refractivity contribution in [2.75, 3.05) is 11.9 Å². The maximum atomic E-state index is 11.7. The fraction of sp³-hybridized carbons (Fsp3) is 0.133. The van der Waals surface area contributed by atoms with Crippen molar-refractivity contribution in [3.63, 3.8) is 0 Å². The van der Waals surface area contributed by atoms with Crippen LogP contribution in [-0.4, -0.2) is 23.7 Å². The Labute approximate surface area is 137 Å². The molecule has 1 aromatic carbocycles. The molecule has 0 aliphatic carbocycles. The molecule has 6 heteroatoms. The van der Waals surface area contributed by atoms with Crippen molar-refractivity contribution in [2.45, 2.75) is 6.92 Å². The molecule has 0 atom stereocenters. The summed E-state index contributed by atoms with van der Waals surface area (Å²) < 4.78 is 1.17. The lowest BCUT2D eigenvalue weighted by molar-refractivity contribution is -0.119. The molecule has 0 spiro atoms. The van der Waals surface area contributed by atoms with Gasteiger partial charge in [-0.3, -0.25) is 9.78 Å². The van der Waals surface area contributed by atoms with Gasteiger partial charge >= 0.3 is 0 Å². The maximum absolute atomic E-state index is 11.7. The van der Waals surface area contributed by atoms with Crippen molar-refractivity contribution in [3.05, 3.63) is 57.4 Å². The van der Waals surface area contributed by atoms with Crippen LogP contribution in [0.5, 0.6) is 0 Å². The highest BCUT2D eigenvalue weighted by Crippen LogP contribution is 2.17. The van der Waals surface area contributed by atoms with Crippen LogP contribution >= 0.6 is 22.6 Å². The molecule has 0 fully saturated rings. The largest absolute Gasteiger partial charge is 0.376 e. The molecule has 21 heavy (non-hydrogen) atoms. The molecule has 5 nitrogen and oxygen atoms in total. The van der Waals surface area contributed by atoms with Crippen LogP contribution in [0.2, 0.25) is 0 Å². The number of hydrazone groups is 1. The van der Waals surface area contributed by atoms with Gasteiger partial charge in [0.15, 0.2) is 0 Å². The van der Waals surface area contributed by atoms with Gasteiger partial charge in [0.05, 0.1) is 12.8 Å². The van der Waals surface area contributed by atoms with Gasteiger partial charge in [0, 0.05) is 27.2 Å². The number of nitrogens with zero attached hydrogens (tertiary/aromatic N) is 2. The van der Waals surface area contributed by atoms with Crippen LogP contribution in [0.4, 0.5) is 5.69 Å². The van der Waals surface area contributed by atoms with Crippen molar-refractivity contribution < 1.29 is 4.79 Å². The molecule has 0 radical (unpaired) electrons. The normalized spacial score (nSPS) is 10.6. The lowest BCUT2D eigenvalue weighted by atomic mass is 10.2. The Bertz CT molecular complexity index is 643. The highest BCUT2D eigenvalue weighted by Gasteiger charge is 2.02. The highest BCUT2D eigenvalue weighted by atomic mass is 127. The molecule has 108 valence electrons. The van der Waals surface area contributed by atoms with E-state index in [9.17, 15) is 4.79 Å². The van der Waals surface area contributed by atoms with E-state index in [1.54, 1.807) is 18.6 Å². The molecule has 1 aromatic heterocycles. The monoisotopic (exact) mass is 394 g/mol. The highest BCUT2D eigenvalue weighted by molar-refractivity contribution is 14.1. The van der Waals surface area contributed by atoms with Crippen LogP contribution < -0.4 is 10.7 Å². The fourth-order valence-corrected chi connectivity index (χ4v) is 2.32. The summed E-state index contributed by atoms with van der Waals surface area (Å²) in [7, 11) is 0. The third kappa shape index (κ3) is 5.14. The zero-order chi connectivity index (χ0) is 15.1. The third-order valence-electron chi connectivity index (χ3n) is 2.72. The number of halogens is 1. The number of nitrogens with one attached hydrogen (secondary N) is 2. The molecule has 0 aliphatic rings. The number of rotatable bonds is 5. The van der Waals surface area contributed by atoms with Crippen molar-refractivity contribution in [1.82, 2.24) is 10.4 Å². The Kier molecular flexibility index (Phi) is 5.68. The fourth-order valence-electron chi connectivity index (χ4n) is 1.67. The minimum atomic E-state index is -0.201. The average Bonchev–Trinajstić information content (AvgIpc) is 2.47. The van der Waals surface area contributed by atoms with Crippen molar-refractivity contribution in [3.8, 4) is 0 Å². The van der Waals surface area contributed by atoms with Crippen molar-refractivity contribution in [2.24, 2.45) is 5.10 Å². The predicted octanol–water partition coefficient (Wildman–Crippen LogP) is 2.56. The van der Waals surface area contributed by atoms with Crippen LogP contribution in [0, 0.1) is 10.5 Å². The van der Waals surface area contributed by atoms with Gasteiger partial charge < -0.3 is 5.32 Å². The number of carbonyl (C=O) groups excluding carboxylic acids is 1. The summed E-state index contributed by atoms with van der Waals surface area (Å²) in [5.74, 6) is -0.201. The number of aryl methyl sites for hydroxylation is 1. The number of hydrogen-bond acceptors (Lipinski definition) is 4. The quantitative estimate of drug-likeness (QED) is 0.466. The Morgan fingerprint density at radius 1 is 1.43 bits per heavy atom. The molecule has 0 saturated heterocycles. The Balaban J connectivity index is 1.81. The van der Waals surface area contributed by atoms with E-state index in [1.165, 1.54) is 3.57 Å². The first kappa shape index (κ1) is 15.4. The van der Waals surface area contributed by atoms with Gasteiger partial charge in [-0.1, -0.05) is 6.07 Å². The first-order valence-corrected chi connectivity index (χ1v) is 7.45. The first-order valence-electron chi connectivity index (χ1n) is 6.37. The molecule has 1 amide bonds. The summed E-state index contributed by atoms with van der Waals surface area (Å²) in [4.78, 5) is 15.6. The summed E-state index contributed by atoms with van der Waals surface area (Å²) in [5, 5.41) is 6.97. The maximum Gasteiger partial charge on any atom is 0.259 e. The van der Waals surface area contributed by atoms with E-state index < -0.39 is 0 Å². The second-order valence-electron chi connectivity index (χ2n) is 4.39. The molecule has 2 N–H and O–H groups in total. The van der Waals surface area contributed by atoms with Gasteiger partial charge in [-0.05, 0) is 59.3 Å². The van der Waals surface area contributed by atoms with E-state index in [2.05, 4.69) is 49.5 Å². The van der Waals surface area contributed by atoms with Gasteiger partial charge in [0.25, 0.3) is 5.91 Å². The lowest BCUT2D eigenvalue weighted by Gasteiger charge is -2.08. The van der Waals surface area contributed by atoms with Crippen LogP contribution in [0.1, 0.15) is 11.1 Å². The number of aromatic nitrogens is 1. The standard InChI is InChI=1S/C15H15IN4O/c1-11-7-13(16)4-5-14(11)18-10-15(21)20-19-9-12-3-2-6-17-8-12/h2-9,18H,10H2,1H3,(H,20,21)/b19-9-. The molecule has 2 aromatic rings. The lowest BCUT2D eigenvalue weighted by Crippen LogP contribution is -2.26. The summed E-state index contributed by atoms with van der Waals surface area (Å²) in [5.41, 5.74) is 5.35. The van der Waals surface area contributed by atoms with Gasteiger partial charge in [-0.25, -0.2) is 5.43 Å². The molecule has 0 unspecified atom stereocenters. The van der Waals surface area contributed by atoms with Gasteiger partial charge in [-0.15, -0.1) is 0 Å². The second-order valence-corrected chi connectivity index (χ2v) is 5.64. The summed E-state index contributed by atoms with van der Waals surface area (Å²) in [6, 6.07) is 9.68. The van der Waals surface area contributed by atoms with Crippen molar-refractivity contribution >= 4 is 40.4 Å². The van der Waals surface area contributed by atoms with Crippen molar-refractivity contribution in [1.29, 1.82) is 0 Å². The Morgan fingerprint density at radius 2 is 2.29 bits per heavy atom. The van der Waals surface area contributed by atoms with Crippen LogP contribution in [0.3, 0.4) is 0 Å². The molecule has 0 bridgehead atoms. The number of benzene rings is 1.